The first-order valence-corrected chi connectivity index (χ1v) is 7.03. The number of ether oxygens (including phenoxy) is 2. The summed E-state index contributed by atoms with van der Waals surface area (Å²) >= 11 is 0. The van der Waals surface area contributed by atoms with Crippen molar-refractivity contribution in [1.82, 2.24) is 0 Å². The number of benzene rings is 1. The largest absolute Gasteiger partial charge is 0.493 e. The maximum atomic E-state index is 8.69. The summed E-state index contributed by atoms with van der Waals surface area (Å²) in [6.45, 7) is 8.74. The van der Waals surface area contributed by atoms with Crippen LogP contribution in [0.5, 0.6) is 5.75 Å². The number of rotatable bonds is 5. The first-order chi connectivity index (χ1) is 9.54. The second-order valence-corrected chi connectivity index (χ2v) is 5.42. The van der Waals surface area contributed by atoms with Gasteiger partial charge in [-0.2, -0.15) is 5.21 Å². The molecule has 1 fully saturated rings. The van der Waals surface area contributed by atoms with E-state index in [0.29, 0.717) is 18.8 Å². The van der Waals surface area contributed by atoms with Crippen LogP contribution in [-0.4, -0.2) is 24.0 Å². The third-order valence-corrected chi connectivity index (χ3v) is 3.78. The molecule has 2 rings (SSSR count). The van der Waals surface area contributed by atoms with Crippen LogP contribution >= 0.6 is 0 Å². The lowest BCUT2D eigenvalue weighted by molar-refractivity contribution is 0.289. The zero-order valence-corrected chi connectivity index (χ0v) is 12.6. The molecule has 1 aliphatic rings. The van der Waals surface area contributed by atoms with Crippen LogP contribution in [0.15, 0.2) is 6.07 Å². The van der Waals surface area contributed by atoms with Crippen molar-refractivity contribution in [2.45, 2.75) is 52.7 Å². The van der Waals surface area contributed by atoms with Crippen LogP contribution in [0.4, 0.5) is 0 Å². The summed E-state index contributed by atoms with van der Waals surface area (Å²) in [6, 6.07) is 4.65. The fraction of sp³-hybridized carbons (Fsp3) is 0.562. The van der Waals surface area contributed by atoms with Gasteiger partial charge in [0.05, 0.1) is 18.8 Å². The highest BCUT2D eigenvalue weighted by molar-refractivity contribution is 5.55. The van der Waals surface area contributed by atoms with Gasteiger partial charge in [0.2, 0.25) is 5.01 Å². The summed E-state index contributed by atoms with van der Waals surface area (Å²) in [6.07, 6.45) is 2.86. The van der Waals surface area contributed by atoms with E-state index in [0.717, 1.165) is 40.8 Å². The minimum atomic E-state index is 0.416. The Morgan fingerprint density at radius 2 is 2.05 bits per heavy atom. The summed E-state index contributed by atoms with van der Waals surface area (Å²) in [4.78, 5) is 0. The molecule has 20 heavy (non-hydrogen) atoms. The van der Waals surface area contributed by atoms with Crippen LogP contribution in [0.3, 0.4) is 0 Å². The Labute approximate surface area is 120 Å². The van der Waals surface area contributed by atoms with Gasteiger partial charge >= 0.3 is 6.07 Å². The SMILES string of the molecule is Cc1cc(C)c(OCCCC2OC2C)c(C)c1C#[N+]O. The first kappa shape index (κ1) is 14.7. The van der Waals surface area contributed by atoms with Gasteiger partial charge in [-0.15, -0.1) is 0 Å². The van der Waals surface area contributed by atoms with E-state index in [4.69, 9.17) is 14.7 Å². The topological polar surface area (TPSA) is 46.3 Å². The van der Waals surface area contributed by atoms with Gasteiger partial charge in [-0.1, -0.05) is 6.07 Å². The van der Waals surface area contributed by atoms with Crippen LogP contribution in [-0.2, 0) is 4.74 Å². The van der Waals surface area contributed by atoms with E-state index >= 15 is 0 Å². The molecule has 0 amide bonds. The highest BCUT2D eigenvalue weighted by Crippen LogP contribution is 2.30. The van der Waals surface area contributed by atoms with E-state index in [1.165, 1.54) is 0 Å². The molecular formula is C16H22NO3+. The molecule has 1 aliphatic heterocycles. The van der Waals surface area contributed by atoms with Gasteiger partial charge in [0.25, 0.3) is 0 Å². The van der Waals surface area contributed by atoms with Crippen molar-refractivity contribution in [3.63, 3.8) is 0 Å². The molecule has 0 saturated carbocycles. The van der Waals surface area contributed by atoms with Crippen LogP contribution in [0, 0.1) is 26.8 Å². The Kier molecular flexibility index (Phi) is 4.51. The van der Waals surface area contributed by atoms with E-state index in [1.54, 1.807) is 0 Å². The molecule has 1 aromatic carbocycles. The van der Waals surface area contributed by atoms with Gasteiger partial charge < -0.3 is 9.47 Å². The molecule has 0 spiro atoms. The quantitative estimate of drug-likeness (QED) is 0.507. The van der Waals surface area contributed by atoms with Gasteiger partial charge in [0.15, 0.2) is 0 Å². The van der Waals surface area contributed by atoms with Crippen molar-refractivity contribution in [2.24, 2.45) is 0 Å². The second-order valence-electron chi connectivity index (χ2n) is 5.42. The summed E-state index contributed by atoms with van der Waals surface area (Å²) in [5.74, 6) is 0.867. The average molecular weight is 276 g/mol. The van der Waals surface area contributed by atoms with Crippen molar-refractivity contribution in [3.8, 4) is 11.8 Å². The van der Waals surface area contributed by atoms with E-state index in [9.17, 15) is 0 Å². The molecule has 1 N–H and O–H groups in total. The van der Waals surface area contributed by atoms with Gasteiger partial charge in [0.1, 0.15) is 11.3 Å². The van der Waals surface area contributed by atoms with Crippen LogP contribution in [0.25, 0.3) is 5.01 Å². The van der Waals surface area contributed by atoms with Gasteiger partial charge in [-0.25, -0.2) is 0 Å². The Morgan fingerprint density at radius 1 is 1.35 bits per heavy atom. The summed E-state index contributed by atoms with van der Waals surface area (Å²) in [7, 11) is 0. The molecule has 0 aliphatic carbocycles. The molecule has 1 aromatic rings. The van der Waals surface area contributed by atoms with Crippen molar-refractivity contribution < 1.29 is 14.7 Å². The average Bonchev–Trinajstić information content (AvgIpc) is 3.09. The lowest BCUT2D eigenvalue weighted by Crippen LogP contribution is -2.04. The van der Waals surface area contributed by atoms with Gasteiger partial charge in [0, 0.05) is 5.56 Å². The maximum absolute atomic E-state index is 8.69. The summed E-state index contributed by atoms with van der Waals surface area (Å²) < 4.78 is 11.3. The lowest BCUT2D eigenvalue weighted by atomic mass is 9.99. The second kappa shape index (κ2) is 6.15. The molecule has 0 radical (unpaired) electrons. The fourth-order valence-corrected chi connectivity index (χ4v) is 2.60. The highest BCUT2D eigenvalue weighted by atomic mass is 16.6. The minimum absolute atomic E-state index is 0.416. The van der Waals surface area contributed by atoms with Crippen molar-refractivity contribution in [2.75, 3.05) is 6.61 Å². The molecule has 0 aromatic heterocycles. The third kappa shape index (κ3) is 3.23. The number of hydrogen-bond donors (Lipinski definition) is 1. The molecule has 2 atom stereocenters. The monoisotopic (exact) mass is 276 g/mol. The maximum Gasteiger partial charge on any atom is 0.388 e. The normalized spacial score (nSPS) is 20.2. The van der Waals surface area contributed by atoms with Crippen molar-refractivity contribution in [1.29, 1.82) is 0 Å². The molecule has 1 heterocycles. The minimum Gasteiger partial charge on any atom is -0.493 e. The molecule has 2 unspecified atom stereocenters. The van der Waals surface area contributed by atoms with Gasteiger partial charge in [-0.05, 0) is 51.7 Å². The smallest absolute Gasteiger partial charge is 0.388 e. The first-order valence-electron chi connectivity index (χ1n) is 7.03. The predicted molar refractivity (Wildman–Crippen MR) is 77.9 cm³/mol. The molecule has 108 valence electrons. The molecule has 4 nitrogen and oxygen atoms in total. The molecular weight excluding hydrogens is 254 g/mol. The summed E-state index contributed by atoms with van der Waals surface area (Å²) in [5, 5.41) is 11.7. The van der Waals surface area contributed by atoms with E-state index in [2.05, 4.69) is 18.0 Å². The Morgan fingerprint density at radius 3 is 2.65 bits per heavy atom. The van der Waals surface area contributed by atoms with Crippen molar-refractivity contribution >= 4 is 0 Å². The Balaban J connectivity index is 2.02. The van der Waals surface area contributed by atoms with Gasteiger partial charge in [-0.3, -0.25) is 0 Å². The van der Waals surface area contributed by atoms with E-state index in [1.807, 2.05) is 26.8 Å². The lowest BCUT2D eigenvalue weighted by Gasteiger charge is -2.13. The number of nitrogens with zero attached hydrogens (tertiary/aromatic N) is 1. The van der Waals surface area contributed by atoms with E-state index < -0.39 is 0 Å². The fourth-order valence-electron chi connectivity index (χ4n) is 2.60. The van der Waals surface area contributed by atoms with Crippen molar-refractivity contribution in [3.05, 3.63) is 33.3 Å². The number of epoxide rings is 1. The Bertz CT molecular complexity index is 557. The molecule has 1 saturated heterocycles. The summed E-state index contributed by atoms with van der Waals surface area (Å²) in [5.41, 5.74) is 3.90. The molecule has 0 bridgehead atoms. The van der Waals surface area contributed by atoms with Crippen LogP contribution < -0.4 is 4.74 Å². The molecule has 4 heteroatoms. The zero-order valence-electron chi connectivity index (χ0n) is 12.6. The zero-order chi connectivity index (χ0) is 14.7. The Hall–Kier alpha value is -1.73. The standard InChI is InChI=1S/C16H21NO3/c1-10-8-11(2)16(12(3)14(10)9-17-18)19-7-5-6-15-13(4)20-15/h8,13,15H,5-7H2,1-4H3/p+1. The third-order valence-electron chi connectivity index (χ3n) is 3.78. The number of aryl methyl sites for hydroxylation is 2. The van der Waals surface area contributed by atoms with Crippen LogP contribution in [0.1, 0.15) is 42.0 Å². The number of hydrogen-bond acceptors (Lipinski definition) is 3. The highest BCUT2D eigenvalue weighted by Gasteiger charge is 2.33. The van der Waals surface area contributed by atoms with E-state index in [-0.39, 0.29) is 0 Å². The predicted octanol–water partition coefficient (Wildman–Crippen LogP) is 3.63. The van der Waals surface area contributed by atoms with Crippen LogP contribution in [0.2, 0.25) is 0 Å².